The maximum absolute atomic E-state index is 12.1. The van der Waals surface area contributed by atoms with Crippen LogP contribution in [0.5, 0.6) is 0 Å². The quantitative estimate of drug-likeness (QED) is 0.460. The van der Waals surface area contributed by atoms with Gasteiger partial charge in [-0.1, -0.05) is 35.9 Å². The number of hydrogen-bond acceptors (Lipinski definition) is 5. The number of thiazole rings is 1. The Bertz CT molecular complexity index is 949. The van der Waals surface area contributed by atoms with E-state index in [1.165, 1.54) is 22.3 Å². The van der Waals surface area contributed by atoms with Crippen LogP contribution in [0.2, 0.25) is 5.02 Å². The number of rotatable bonds is 6. The summed E-state index contributed by atoms with van der Waals surface area (Å²) in [5, 5.41) is 1.35. The van der Waals surface area contributed by atoms with Gasteiger partial charge < -0.3 is 9.64 Å². The lowest BCUT2D eigenvalue weighted by atomic mass is 10.2. The van der Waals surface area contributed by atoms with Crippen LogP contribution in [0.1, 0.15) is 10.6 Å². The Hall–Kier alpha value is -2.70. The first-order valence-corrected chi connectivity index (χ1v) is 9.39. The molecule has 0 atom stereocenters. The maximum atomic E-state index is 12.1. The third-order valence-electron chi connectivity index (χ3n) is 3.77. The van der Waals surface area contributed by atoms with Gasteiger partial charge in [-0.15, -0.1) is 11.3 Å². The molecule has 0 fully saturated rings. The Morgan fingerprint density at radius 2 is 1.93 bits per heavy atom. The summed E-state index contributed by atoms with van der Waals surface area (Å²) in [5.41, 5.74) is 1.83. The lowest BCUT2D eigenvalue weighted by Gasteiger charge is -2.17. The number of para-hydroxylation sites is 1. The van der Waals surface area contributed by atoms with Gasteiger partial charge in [-0.3, -0.25) is 4.79 Å². The first-order chi connectivity index (χ1) is 13.0. The van der Waals surface area contributed by atoms with Crippen molar-refractivity contribution in [1.82, 2.24) is 9.88 Å². The van der Waals surface area contributed by atoms with E-state index >= 15 is 0 Å². The molecule has 0 N–H and O–H groups in total. The zero-order chi connectivity index (χ0) is 19.2. The van der Waals surface area contributed by atoms with E-state index in [1.54, 1.807) is 25.3 Å². The normalized spacial score (nSPS) is 11.0. The van der Waals surface area contributed by atoms with Crippen LogP contribution in [-0.2, 0) is 20.9 Å². The highest BCUT2D eigenvalue weighted by Gasteiger charge is 2.11. The molecule has 0 spiro atoms. The van der Waals surface area contributed by atoms with Gasteiger partial charge in [0.25, 0.3) is 5.91 Å². The van der Waals surface area contributed by atoms with Gasteiger partial charge in [0.1, 0.15) is 5.01 Å². The van der Waals surface area contributed by atoms with Gasteiger partial charge >= 0.3 is 5.97 Å². The molecule has 1 heterocycles. The summed E-state index contributed by atoms with van der Waals surface area (Å²) in [6.07, 6.45) is 2.87. The van der Waals surface area contributed by atoms with E-state index in [4.69, 9.17) is 16.3 Å². The van der Waals surface area contributed by atoms with Crippen molar-refractivity contribution in [3.63, 3.8) is 0 Å². The van der Waals surface area contributed by atoms with Crippen LogP contribution in [0.15, 0.2) is 54.6 Å². The third-order valence-corrected chi connectivity index (χ3v) is 5.02. The Morgan fingerprint density at radius 3 is 2.67 bits per heavy atom. The summed E-state index contributed by atoms with van der Waals surface area (Å²) in [6, 6.07) is 15.0. The minimum Gasteiger partial charge on any atom is -0.452 e. The number of hydrogen-bond donors (Lipinski definition) is 0. The van der Waals surface area contributed by atoms with Crippen LogP contribution >= 0.6 is 22.9 Å². The van der Waals surface area contributed by atoms with E-state index in [9.17, 15) is 9.59 Å². The third kappa shape index (κ3) is 5.39. The van der Waals surface area contributed by atoms with Crippen molar-refractivity contribution in [2.45, 2.75) is 6.54 Å². The maximum Gasteiger partial charge on any atom is 0.331 e. The van der Waals surface area contributed by atoms with Gasteiger partial charge in [-0.05, 0) is 35.9 Å². The average Bonchev–Trinajstić information content (AvgIpc) is 3.09. The van der Waals surface area contributed by atoms with Crippen LogP contribution in [-0.4, -0.2) is 35.4 Å². The average molecular weight is 401 g/mol. The summed E-state index contributed by atoms with van der Waals surface area (Å²) >= 11 is 7.32. The summed E-state index contributed by atoms with van der Waals surface area (Å²) in [6.45, 7) is 0.0994. The van der Waals surface area contributed by atoms with Gasteiger partial charge in [0.05, 0.1) is 10.2 Å². The van der Waals surface area contributed by atoms with Crippen molar-refractivity contribution >= 4 is 51.1 Å². The molecule has 5 nitrogen and oxygen atoms in total. The van der Waals surface area contributed by atoms with Crippen molar-refractivity contribution in [2.24, 2.45) is 0 Å². The molecular formula is C20H17ClN2O3S. The number of fused-ring (bicyclic) bond motifs is 1. The van der Waals surface area contributed by atoms with Crippen LogP contribution in [0.4, 0.5) is 0 Å². The lowest BCUT2D eigenvalue weighted by Crippen LogP contribution is -2.30. The number of esters is 1. The van der Waals surface area contributed by atoms with E-state index in [0.717, 1.165) is 15.8 Å². The van der Waals surface area contributed by atoms with E-state index < -0.39 is 5.97 Å². The largest absolute Gasteiger partial charge is 0.452 e. The molecule has 3 rings (SSSR count). The fraction of sp³-hybridized carbons (Fsp3) is 0.150. The molecule has 0 aliphatic heterocycles. The van der Waals surface area contributed by atoms with Gasteiger partial charge in [-0.25, -0.2) is 9.78 Å². The molecule has 1 amide bonds. The van der Waals surface area contributed by atoms with Gasteiger partial charge in [-0.2, -0.15) is 0 Å². The Kier molecular flexibility index (Phi) is 6.21. The number of carbonyl (C=O) groups excluding carboxylic acids is 2. The smallest absolute Gasteiger partial charge is 0.331 e. The lowest BCUT2D eigenvalue weighted by molar-refractivity contribution is -0.147. The minimum atomic E-state index is -0.581. The van der Waals surface area contributed by atoms with Gasteiger partial charge in [0.2, 0.25) is 0 Å². The second-order valence-corrected chi connectivity index (χ2v) is 7.34. The SMILES string of the molecule is CN(Cc1ccc(Cl)cc1)C(=O)COC(=O)/C=C/c1nc2ccccc2s1. The van der Waals surface area contributed by atoms with Crippen LogP contribution < -0.4 is 0 Å². The van der Waals surface area contributed by atoms with Crippen molar-refractivity contribution in [2.75, 3.05) is 13.7 Å². The molecule has 1 aromatic heterocycles. The molecule has 27 heavy (non-hydrogen) atoms. The first kappa shape index (κ1) is 19.1. The second-order valence-electron chi connectivity index (χ2n) is 5.84. The monoisotopic (exact) mass is 400 g/mol. The summed E-state index contributed by atoms with van der Waals surface area (Å²) in [7, 11) is 1.65. The number of amides is 1. The highest BCUT2D eigenvalue weighted by Crippen LogP contribution is 2.22. The Balaban J connectivity index is 1.48. The predicted molar refractivity (Wildman–Crippen MR) is 108 cm³/mol. The van der Waals surface area contributed by atoms with E-state index in [0.29, 0.717) is 16.6 Å². The molecule has 0 aliphatic rings. The number of benzene rings is 2. The fourth-order valence-electron chi connectivity index (χ4n) is 2.34. The summed E-state index contributed by atoms with van der Waals surface area (Å²) < 4.78 is 6.06. The minimum absolute atomic E-state index is 0.285. The Morgan fingerprint density at radius 1 is 1.19 bits per heavy atom. The topological polar surface area (TPSA) is 59.5 Å². The van der Waals surface area contributed by atoms with Crippen LogP contribution in [0, 0.1) is 0 Å². The van der Waals surface area contributed by atoms with Crippen LogP contribution in [0.25, 0.3) is 16.3 Å². The van der Waals surface area contributed by atoms with Crippen molar-refractivity contribution in [1.29, 1.82) is 0 Å². The molecule has 0 unspecified atom stereocenters. The summed E-state index contributed by atoms with van der Waals surface area (Å²) in [5.74, 6) is -0.866. The van der Waals surface area contributed by atoms with E-state index in [1.807, 2.05) is 36.4 Å². The number of carbonyl (C=O) groups is 2. The van der Waals surface area contributed by atoms with E-state index in [2.05, 4.69) is 4.98 Å². The number of ether oxygens (including phenoxy) is 1. The number of aromatic nitrogens is 1. The fourth-order valence-corrected chi connectivity index (χ4v) is 3.34. The molecular weight excluding hydrogens is 384 g/mol. The molecule has 0 saturated heterocycles. The molecule has 7 heteroatoms. The first-order valence-electron chi connectivity index (χ1n) is 8.20. The molecule has 2 aromatic carbocycles. The molecule has 3 aromatic rings. The van der Waals surface area contributed by atoms with Crippen LogP contribution in [0.3, 0.4) is 0 Å². The second kappa shape index (κ2) is 8.79. The molecule has 138 valence electrons. The highest BCUT2D eigenvalue weighted by atomic mass is 35.5. The van der Waals surface area contributed by atoms with Crippen molar-refractivity contribution in [3.05, 3.63) is 70.2 Å². The number of nitrogens with zero attached hydrogens (tertiary/aromatic N) is 2. The van der Waals surface area contributed by atoms with E-state index in [-0.39, 0.29) is 12.5 Å². The number of halogens is 1. The standard InChI is InChI=1S/C20H17ClN2O3S/c1-23(12-14-6-8-15(21)9-7-14)19(24)13-26-20(25)11-10-18-22-16-4-2-3-5-17(16)27-18/h2-11H,12-13H2,1H3/b11-10+. The van der Waals surface area contributed by atoms with Crippen molar-refractivity contribution in [3.8, 4) is 0 Å². The van der Waals surface area contributed by atoms with Gasteiger partial charge in [0.15, 0.2) is 6.61 Å². The zero-order valence-electron chi connectivity index (χ0n) is 14.6. The highest BCUT2D eigenvalue weighted by molar-refractivity contribution is 7.19. The molecule has 0 saturated carbocycles. The van der Waals surface area contributed by atoms with Crippen molar-refractivity contribution < 1.29 is 14.3 Å². The predicted octanol–water partition coefficient (Wildman–Crippen LogP) is 4.16. The molecule has 0 aliphatic carbocycles. The molecule has 0 radical (unpaired) electrons. The zero-order valence-corrected chi connectivity index (χ0v) is 16.2. The number of likely N-dealkylation sites (N-methyl/N-ethyl adjacent to an activating group) is 1. The molecule has 0 bridgehead atoms. The Labute approximate surface area is 165 Å². The van der Waals surface area contributed by atoms with Gasteiger partial charge in [0, 0.05) is 24.7 Å². The summed E-state index contributed by atoms with van der Waals surface area (Å²) in [4.78, 5) is 29.8.